The van der Waals surface area contributed by atoms with Gasteiger partial charge in [0.2, 0.25) is 35.4 Å². The van der Waals surface area contributed by atoms with E-state index in [1.165, 1.54) is 32.5 Å². The van der Waals surface area contributed by atoms with E-state index in [0.29, 0.717) is 85.0 Å². The van der Waals surface area contributed by atoms with Gasteiger partial charge in [-0.2, -0.15) is 0 Å². The topological polar surface area (TPSA) is 356 Å². The Morgan fingerprint density at radius 3 is 1.17 bits per heavy atom. The van der Waals surface area contributed by atoms with Crippen LogP contribution in [0.5, 0.6) is 0 Å². The van der Waals surface area contributed by atoms with Crippen LogP contribution in [0.3, 0.4) is 0 Å². The zero-order valence-electron chi connectivity index (χ0n) is 92.4. The van der Waals surface area contributed by atoms with Gasteiger partial charge in [0.05, 0.1) is 124 Å². The molecule has 8 amide bonds. The fourth-order valence-corrected chi connectivity index (χ4v) is 20.3. The van der Waals surface area contributed by atoms with Crippen molar-refractivity contribution in [2.75, 3.05) is 136 Å². The molecule has 0 radical (unpaired) electrons. The summed E-state index contributed by atoms with van der Waals surface area (Å²) in [5.41, 5.74) is 8.29. The van der Waals surface area contributed by atoms with Gasteiger partial charge in [0.15, 0.2) is 5.78 Å². The maximum absolute atomic E-state index is 14.7. The normalized spacial score (nSPS) is 17.3. The van der Waals surface area contributed by atoms with E-state index in [4.69, 9.17) is 48.4 Å². The van der Waals surface area contributed by atoms with Crippen molar-refractivity contribution in [3.05, 3.63) is 141 Å². The lowest BCUT2D eigenvalue weighted by Crippen LogP contribution is -2.56. The Kier molecular flexibility index (Phi) is 54.9. The highest BCUT2D eigenvalue weighted by Gasteiger charge is 2.47. The minimum Gasteiger partial charge on any atom is -0.460 e. The van der Waals surface area contributed by atoms with Crippen molar-refractivity contribution < 1.29 is 90.6 Å². The fourth-order valence-electron chi connectivity index (χ4n) is 18.9. The van der Waals surface area contributed by atoms with Crippen LogP contribution < -0.4 is 16.4 Å². The lowest BCUT2D eigenvalue weighted by molar-refractivity contribution is -0.153. The van der Waals surface area contributed by atoms with E-state index >= 15 is 0 Å². The number of rotatable bonds is 56. The summed E-state index contributed by atoms with van der Waals surface area (Å²) in [4.78, 5) is 158. The molecule has 0 unspecified atom stereocenters. The molecular weight excluding hydrogens is 1870 g/mol. The number of likely N-dealkylation sites (tertiary alicyclic amines) is 2. The fraction of sp³-hybridized carbons (Fsp3) is 0.691. The lowest BCUT2D eigenvalue weighted by Gasteiger charge is -2.41. The number of hydrogen-bond donors (Lipinski definition) is 3. The van der Waals surface area contributed by atoms with Crippen LogP contribution in [-0.2, 0) is 100 Å². The maximum Gasteiger partial charge on any atom is 0.410 e. The predicted molar refractivity (Wildman–Crippen MR) is 567 cm³/mol. The van der Waals surface area contributed by atoms with Crippen LogP contribution in [0.25, 0.3) is 0 Å². The molecule has 4 heterocycles. The van der Waals surface area contributed by atoms with Gasteiger partial charge in [-0.15, -0.1) is 22.7 Å². The first-order valence-electron chi connectivity index (χ1n) is 51.7. The summed E-state index contributed by atoms with van der Waals surface area (Å²) in [6.45, 7) is 43.5. The number of ketones is 1. The molecule has 7 rings (SSSR count). The average Bonchev–Trinajstić information content (AvgIpc) is 1.57. The number of esters is 1. The Morgan fingerprint density at radius 2 is 0.840 bits per heavy atom. The number of aromatic nitrogens is 2. The number of amides is 8. The Labute approximate surface area is 869 Å². The number of nitrogens with two attached hydrogens (primary N) is 1. The van der Waals surface area contributed by atoms with Crippen molar-refractivity contribution >= 4 is 82.1 Å². The van der Waals surface area contributed by atoms with E-state index in [-0.39, 0.29) is 151 Å². The third-order valence-corrected chi connectivity index (χ3v) is 29.3. The molecule has 0 bridgehead atoms. The Balaban J connectivity index is 0.000000413. The molecule has 2 fully saturated rings. The SMILES string of the molecule is CC(C)[C@@H](C(=O)OCc1ccccc1)N(C)CCOCCN(C)C(=O)OC(C)(C)C.CC[C@H](C)[C@@H]([C@@H](CC(=O)N1CCC[C@H]1[C@H](OC)[C@@H](C)C(=O)N[C@@H](Cc1ccccc1)c1nccs1)OC)N(C)C(=O)[C@@H](CC(=O)[C@H](C(C)C)N(C)CCOCCN(C)C(=O)OC(C)(C)C)C(C)C.CC[C@H](C)[C@@H]([C@@H](CC(=O)N1CCC[C@H]1[C@H](OC)[C@@H](C)C(=O)N[C@@H](Cc1ccccc1)c1nccs1)OC)N(C)C(=O)[C@@H](N)C(C)C. The number of methoxy groups -OCH3 is 4. The van der Waals surface area contributed by atoms with Crippen molar-refractivity contribution in [3.8, 4) is 0 Å². The minimum absolute atomic E-state index is 0.0131. The molecule has 2 aliphatic rings. The summed E-state index contributed by atoms with van der Waals surface area (Å²) in [6.07, 6.45) is 6.45. The van der Waals surface area contributed by atoms with Crippen LogP contribution >= 0.6 is 22.7 Å². The first-order valence-corrected chi connectivity index (χ1v) is 53.4. The summed E-state index contributed by atoms with van der Waals surface area (Å²) in [6, 6.07) is 26.3. The summed E-state index contributed by atoms with van der Waals surface area (Å²) < 4.78 is 51.9. The van der Waals surface area contributed by atoms with E-state index in [2.05, 4.69) is 48.3 Å². The molecule has 810 valence electrons. The maximum atomic E-state index is 14.7. The molecule has 34 heteroatoms. The standard InChI is InChI=1S/C52H86N6O9S.C35H55N5O5S.C23H38N2O5/c1-16-36(6)46(57(13)50(62)39(34(2)3)32-42(59)45(35(4)5)55(11)26-28-66-29-27-56(12)51(63)67-52(8,9)10)43(64-14)33-44(60)58-25-20-23-41(58)47(65-15)37(7)48(61)54-40(49-53-24-30-68-49)31-38-21-18-17-19-22-38;1-9-23(4)31(39(6)35(43)30(36)22(2)3)28(44-7)21-29(41)40-18-13-16-27(40)32(45-8)24(5)33(42)38-26(34-37-17-19-46-34)20-25-14-11-10-12-15-25;1-18(2)20(21(26)29-17-19-11-9-8-10-12-19)24(6)13-15-28-16-14-25(7)22(27)30-23(3,4)5/h17-19,21-22,24,30,34-37,39-41,43,45-47H,16,20,23,25-29,31-33H2,1-15H3,(H,54,61);10-12,14-15,17,19,22-24,26-28,30-32H,9,13,16,18,20-21,36H2,1-8H3,(H,38,42);8-12,18,20H,13-17H2,1-7H3/t36-,37+,39-,40-,41-,43+,45-,46-,47+;23-,24+,26-,27-,28+,30-,31-,32+;20-/m000/s1. The molecule has 0 spiro atoms. The van der Waals surface area contributed by atoms with E-state index in [1.54, 1.807) is 78.8 Å². The van der Waals surface area contributed by atoms with Gasteiger partial charge in [-0.1, -0.05) is 201 Å². The van der Waals surface area contributed by atoms with Crippen LogP contribution in [0.1, 0.15) is 235 Å². The van der Waals surface area contributed by atoms with Crippen LogP contribution in [0.4, 0.5) is 9.59 Å². The van der Waals surface area contributed by atoms with Crippen LogP contribution in [-0.4, -0.2) is 323 Å². The smallest absolute Gasteiger partial charge is 0.410 e. The van der Waals surface area contributed by atoms with Crippen LogP contribution in [0.15, 0.2) is 114 Å². The number of carbonyl (C=O) groups is 10. The van der Waals surface area contributed by atoms with Crippen molar-refractivity contribution in [1.29, 1.82) is 0 Å². The largest absolute Gasteiger partial charge is 0.460 e. The minimum atomic E-state index is -0.634. The quantitative estimate of drug-likeness (QED) is 0.0185. The van der Waals surface area contributed by atoms with Gasteiger partial charge in [-0.3, -0.25) is 48.2 Å². The zero-order valence-corrected chi connectivity index (χ0v) is 94.0. The second-order valence-corrected chi connectivity index (χ2v) is 44.0. The molecule has 4 N–H and O–H groups in total. The first kappa shape index (κ1) is 126. The number of likely N-dealkylation sites (N-methyl/N-ethyl adjacent to an activating group) is 6. The average molecular weight is 2050 g/mol. The number of ether oxygens (including phenoxy) is 9. The van der Waals surface area contributed by atoms with E-state index in [0.717, 1.165) is 58.8 Å². The number of carbonyl (C=O) groups excluding carboxylic acids is 10. The van der Waals surface area contributed by atoms with Gasteiger partial charge in [-0.25, -0.2) is 19.6 Å². The molecule has 32 nitrogen and oxygen atoms in total. The second-order valence-electron chi connectivity index (χ2n) is 42.2. The van der Waals surface area contributed by atoms with Crippen molar-refractivity contribution in [1.82, 2.24) is 59.8 Å². The predicted octanol–water partition coefficient (Wildman–Crippen LogP) is 15.6. The van der Waals surface area contributed by atoms with Crippen LogP contribution in [0, 0.1) is 53.3 Å². The molecule has 18 atom stereocenters. The lowest BCUT2D eigenvalue weighted by atomic mass is 9.83. The highest BCUT2D eigenvalue weighted by Crippen LogP contribution is 2.36. The van der Waals surface area contributed by atoms with Crippen molar-refractivity contribution in [3.63, 3.8) is 0 Å². The summed E-state index contributed by atoms with van der Waals surface area (Å²) in [5, 5.41) is 11.9. The second kappa shape index (κ2) is 63.0. The molecule has 5 aromatic rings. The highest BCUT2D eigenvalue weighted by molar-refractivity contribution is 7.09. The van der Waals surface area contributed by atoms with E-state index < -0.39 is 77.6 Å². The Morgan fingerprint density at radius 1 is 0.472 bits per heavy atom. The monoisotopic (exact) mass is 2050 g/mol. The molecule has 2 aliphatic heterocycles. The number of Topliss-reactive ketones (excluding diaryl/α,β-unsaturated/α-hetero) is 1. The molecule has 2 aromatic heterocycles. The number of thiazole rings is 2. The third-order valence-electron chi connectivity index (χ3n) is 27.5. The number of nitrogens with zero attached hydrogens (tertiary/aromatic N) is 10. The Bertz CT molecular complexity index is 4570. The first-order chi connectivity index (χ1) is 68.0. The molecular formula is C110H179N13O19S2. The number of benzene rings is 3. The Hall–Kier alpha value is -8.94. The summed E-state index contributed by atoms with van der Waals surface area (Å²) >= 11 is 3.02. The van der Waals surface area contributed by atoms with E-state index in [9.17, 15) is 47.9 Å². The molecule has 3 aromatic carbocycles. The highest BCUT2D eigenvalue weighted by atomic mass is 32.1. The van der Waals surface area contributed by atoms with Gasteiger partial charge in [0.1, 0.15) is 33.9 Å². The molecule has 0 saturated carbocycles. The van der Waals surface area contributed by atoms with Crippen molar-refractivity contribution in [2.24, 2.45) is 59.0 Å². The molecule has 144 heavy (non-hydrogen) atoms. The van der Waals surface area contributed by atoms with E-state index in [1.807, 2.05) is 246 Å². The van der Waals surface area contributed by atoms with Crippen molar-refractivity contribution in [2.45, 2.75) is 306 Å². The third kappa shape index (κ3) is 40.3. The number of hydrogen-bond acceptors (Lipinski definition) is 26. The van der Waals surface area contributed by atoms with Crippen LogP contribution in [0.2, 0.25) is 0 Å². The van der Waals surface area contributed by atoms with Gasteiger partial charge in [-0.05, 0) is 146 Å². The van der Waals surface area contributed by atoms with Gasteiger partial charge >= 0.3 is 18.2 Å². The van der Waals surface area contributed by atoms with Gasteiger partial charge in [0.25, 0.3) is 0 Å². The summed E-state index contributed by atoms with van der Waals surface area (Å²) in [7, 11) is 17.1. The molecule has 2 saturated heterocycles. The summed E-state index contributed by atoms with van der Waals surface area (Å²) in [5.74, 6) is -2.77. The van der Waals surface area contributed by atoms with Gasteiger partial charge < -0.3 is 88.4 Å². The molecule has 0 aliphatic carbocycles. The number of nitrogens with one attached hydrogen (secondary N) is 2. The van der Waals surface area contributed by atoms with Gasteiger partial charge in [0, 0.05) is 131 Å². The zero-order chi connectivity index (χ0) is 108.